The summed E-state index contributed by atoms with van der Waals surface area (Å²) in [6.07, 6.45) is 4.59. The van der Waals surface area contributed by atoms with Gasteiger partial charge in [-0.15, -0.1) is 10.2 Å². The highest BCUT2D eigenvalue weighted by molar-refractivity contribution is 7.98. The standard InChI is InChI=1S/C29H30Cl2N4OS/c1-3-4-6-9-21-12-14-23(15-13-21)28(36)32-20(2)27-33-34-29(37-19-22-10-7-5-8-11-22)35(27)26-17-16-24(30)18-25(26)31/h5,7-8,10-18,20H,3-4,6,9,19H2,1-2H3,(H,32,36). The highest BCUT2D eigenvalue weighted by Gasteiger charge is 2.23. The smallest absolute Gasteiger partial charge is 0.251 e. The van der Waals surface area contributed by atoms with Crippen LogP contribution in [0.1, 0.15) is 66.5 Å². The Morgan fingerprint density at radius 2 is 1.73 bits per heavy atom. The number of unbranched alkanes of at least 4 members (excludes halogenated alkanes) is 2. The van der Waals surface area contributed by atoms with Crippen molar-refractivity contribution < 1.29 is 4.79 Å². The highest BCUT2D eigenvalue weighted by atomic mass is 35.5. The SMILES string of the molecule is CCCCCc1ccc(C(=O)NC(C)c2nnc(SCc3ccccc3)n2-c2ccc(Cl)cc2Cl)cc1. The van der Waals surface area contributed by atoms with Crippen molar-refractivity contribution in [3.05, 3.63) is 105 Å². The van der Waals surface area contributed by atoms with E-state index in [1.54, 1.807) is 23.9 Å². The molecule has 0 aliphatic rings. The number of aryl methyl sites for hydroxylation is 1. The number of benzene rings is 3. The molecule has 5 nitrogen and oxygen atoms in total. The van der Waals surface area contributed by atoms with Gasteiger partial charge in [0.1, 0.15) is 0 Å². The Morgan fingerprint density at radius 1 is 0.973 bits per heavy atom. The normalized spacial score (nSPS) is 11.9. The third kappa shape index (κ3) is 7.16. The van der Waals surface area contributed by atoms with Crippen LogP contribution in [0.25, 0.3) is 5.69 Å². The number of carbonyl (C=O) groups excluding carboxylic acids is 1. The van der Waals surface area contributed by atoms with Gasteiger partial charge in [0.05, 0.1) is 16.8 Å². The highest BCUT2D eigenvalue weighted by Crippen LogP contribution is 2.32. The van der Waals surface area contributed by atoms with Crippen molar-refractivity contribution in [2.45, 2.75) is 56.5 Å². The number of halogens is 2. The van der Waals surface area contributed by atoms with Gasteiger partial charge >= 0.3 is 0 Å². The molecule has 1 heterocycles. The molecular formula is C29H30Cl2N4OS. The lowest BCUT2D eigenvalue weighted by Crippen LogP contribution is -2.28. The molecule has 1 atom stereocenters. The van der Waals surface area contributed by atoms with Crippen LogP contribution >= 0.6 is 35.0 Å². The van der Waals surface area contributed by atoms with E-state index in [1.165, 1.54) is 24.0 Å². The monoisotopic (exact) mass is 552 g/mol. The largest absolute Gasteiger partial charge is 0.342 e. The van der Waals surface area contributed by atoms with E-state index in [4.69, 9.17) is 23.2 Å². The molecule has 0 fully saturated rings. The maximum atomic E-state index is 13.1. The molecule has 1 amide bonds. The Kier molecular flexibility index (Phi) is 9.67. The fourth-order valence-electron chi connectivity index (χ4n) is 4.01. The first-order valence-electron chi connectivity index (χ1n) is 12.4. The summed E-state index contributed by atoms with van der Waals surface area (Å²) in [5.74, 6) is 1.14. The minimum absolute atomic E-state index is 0.164. The number of hydrogen-bond acceptors (Lipinski definition) is 4. The van der Waals surface area contributed by atoms with Crippen molar-refractivity contribution in [3.63, 3.8) is 0 Å². The maximum Gasteiger partial charge on any atom is 0.251 e. The Bertz CT molecular complexity index is 1330. The third-order valence-corrected chi connectivity index (χ3v) is 7.58. The molecule has 4 rings (SSSR count). The summed E-state index contributed by atoms with van der Waals surface area (Å²) in [6, 6.07) is 22.9. The fraction of sp³-hybridized carbons (Fsp3) is 0.276. The number of hydrogen-bond donors (Lipinski definition) is 1. The predicted octanol–water partition coefficient (Wildman–Crippen LogP) is 8.09. The van der Waals surface area contributed by atoms with E-state index in [-0.39, 0.29) is 5.91 Å². The van der Waals surface area contributed by atoms with Crippen LogP contribution in [0.15, 0.2) is 78.0 Å². The number of rotatable bonds is 11. The first-order chi connectivity index (χ1) is 18.0. The van der Waals surface area contributed by atoms with Crippen molar-refractivity contribution in [3.8, 4) is 5.69 Å². The molecule has 0 saturated carbocycles. The average molecular weight is 554 g/mol. The van der Waals surface area contributed by atoms with E-state index >= 15 is 0 Å². The van der Waals surface area contributed by atoms with Gasteiger partial charge in [0, 0.05) is 16.3 Å². The molecule has 0 aliphatic carbocycles. The Morgan fingerprint density at radius 3 is 2.43 bits per heavy atom. The van der Waals surface area contributed by atoms with Crippen LogP contribution in [0.2, 0.25) is 10.0 Å². The van der Waals surface area contributed by atoms with Gasteiger partial charge in [-0.1, -0.05) is 97.2 Å². The molecule has 3 aromatic carbocycles. The van der Waals surface area contributed by atoms with Crippen LogP contribution < -0.4 is 5.32 Å². The van der Waals surface area contributed by atoms with Gasteiger partial charge in [-0.3, -0.25) is 9.36 Å². The van der Waals surface area contributed by atoms with Crippen LogP contribution in [0.3, 0.4) is 0 Å². The van der Waals surface area contributed by atoms with Gasteiger partial charge in [0.2, 0.25) is 0 Å². The lowest BCUT2D eigenvalue weighted by molar-refractivity contribution is 0.0938. The van der Waals surface area contributed by atoms with Gasteiger partial charge in [-0.2, -0.15) is 0 Å². The summed E-state index contributed by atoms with van der Waals surface area (Å²) in [5, 5.41) is 13.7. The third-order valence-electron chi connectivity index (χ3n) is 6.04. The lowest BCUT2D eigenvalue weighted by Gasteiger charge is -2.17. The number of nitrogens with zero attached hydrogens (tertiary/aromatic N) is 3. The number of carbonyl (C=O) groups is 1. The number of aromatic nitrogens is 3. The molecule has 4 aromatic rings. The van der Waals surface area contributed by atoms with Crippen LogP contribution in [0.4, 0.5) is 0 Å². The minimum Gasteiger partial charge on any atom is -0.342 e. The zero-order valence-corrected chi connectivity index (χ0v) is 23.3. The van der Waals surface area contributed by atoms with Crippen molar-refractivity contribution >= 4 is 40.9 Å². The topological polar surface area (TPSA) is 59.8 Å². The molecule has 1 N–H and O–H groups in total. The lowest BCUT2D eigenvalue weighted by atomic mass is 10.0. The first kappa shape index (κ1) is 27.2. The van der Waals surface area contributed by atoms with Crippen molar-refractivity contribution in [1.82, 2.24) is 20.1 Å². The first-order valence-corrected chi connectivity index (χ1v) is 14.2. The number of amides is 1. The van der Waals surface area contributed by atoms with Gasteiger partial charge in [-0.05, 0) is 61.2 Å². The zero-order chi connectivity index (χ0) is 26.2. The number of nitrogens with one attached hydrogen (secondary N) is 1. The second-order valence-corrected chi connectivity index (χ2v) is 10.7. The van der Waals surface area contributed by atoms with E-state index in [2.05, 4.69) is 34.6 Å². The van der Waals surface area contributed by atoms with Crippen LogP contribution in [-0.4, -0.2) is 20.7 Å². The maximum absolute atomic E-state index is 13.1. The van der Waals surface area contributed by atoms with Gasteiger partial charge < -0.3 is 5.32 Å². The van der Waals surface area contributed by atoms with Crippen LogP contribution in [0.5, 0.6) is 0 Å². The van der Waals surface area contributed by atoms with Crippen molar-refractivity contribution in [2.24, 2.45) is 0 Å². The Balaban J connectivity index is 1.55. The van der Waals surface area contributed by atoms with Crippen molar-refractivity contribution in [2.75, 3.05) is 0 Å². The van der Waals surface area contributed by atoms with E-state index in [0.717, 1.165) is 18.6 Å². The van der Waals surface area contributed by atoms with Crippen LogP contribution in [0, 0.1) is 0 Å². The summed E-state index contributed by atoms with van der Waals surface area (Å²) in [5.41, 5.74) is 3.74. The summed E-state index contributed by atoms with van der Waals surface area (Å²) in [6.45, 7) is 4.09. The van der Waals surface area contributed by atoms with Crippen molar-refractivity contribution in [1.29, 1.82) is 0 Å². The average Bonchev–Trinajstić information content (AvgIpc) is 3.32. The molecule has 0 saturated heterocycles. The Labute approximate surface area is 232 Å². The van der Waals surface area contributed by atoms with Gasteiger partial charge in [0.25, 0.3) is 5.91 Å². The molecular weight excluding hydrogens is 523 g/mol. The van der Waals surface area contributed by atoms with Crippen LogP contribution in [-0.2, 0) is 12.2 Å². The molecule has 1 aromatic heterocycles. The second-order valence-electron chi connectivity index (χ2n) is 8.90. The molecule has 0 aliphatic heterocycles. The molecule has 0 spiro atoms. The molecule has 8 heteroatoms. The van der Waals surface area contributed by atoms with E-state index < -0.39 is 6.04 Å². The molecule has 0 bridgehead atoms. The van der Waals surface area contributed by atoms with Gasteiger partial charge in [0.15, 0.2) is 11.0 Å². The predicted molar refractivity (Wildman–Crippen MR) is 153 cm³/mol. The summed E-state index contributed by atoms with van der Waals surface area (Å²) < 4.78 is 1.90. The quantitative estimate of drug-likeness (QED) is 0.151. The molecule has 192 valence electrons. The fourth-order valence-corrected chi connectivity index (χ4v) is 5.41. The molecule has 1 unspecified atom stereocenters. The van der Waals surface area contributed by atoms with E-state index in [0.29, 0.717) is 32.3 Å². The van der Waals surface area contributed by atoms with E-state index in [1.807, 2.05) is 60.0 Å². The van der Waals surface area contributed by atoms with Gasteiger partial charge in [-0.25, -0.2) is 0 Å². The second kappa shape index (κ2) is 13.1. The minimum atomic E-state index is -0.415. The zero-order valence-electron chi connectivity index (χ0n) is 21.0. The summed E-state index contributed by atoms with van der Waals surface area (Å²) in [7, 11) is 0. The summed E-state index contributed by atoms with van der Waals surface area (Å²) >= 11 is 14.3. The molecule has 37 heavy (non-hydrogen) atoms. The number of thioether (sulfide) groups is 1. The van der Waals surface area contributed by atoms with E-state index in [9.17, 15) is 4.79 Å². The molecule has 0 radical (unpaired) electrons. The summed E-state index contributed by atoms with van der Waals surface area (Å²) in [4.78, 5) is 13.1. The Hall–Kier alpha value is -2.80.